The molecule has 2 aromatic carbocycles. The van der Waals surface area contributed by atoms with Gasteiger partial charge in [-0.05, 0) is 38.2 Å². The molecule has 31 heavy (non-hydrogen) atoms. The van der Waals surface area contributed by atoms with E-state index < -0.39 is 0 Å². The van der Waals surface area contributed by atoms with E-state index in [0.29, 0.717) is 36.9 Å². The number of fused-ring (bicyclic) bond motifs is 1. The topological polar surface area (TPSA) is 80.3 Å². The molecule has 1 aliphatic heterocycles. The van der Waals surface area contributed by atoms with Crippen LogP contribution < -0.4 is 19.5 Å². The van der Waals surface area contributed by atoms with Crippen molar-refractivity contribution in [2.45, 2.75) is 13.0 Å². The van der Waals surface area contributed by atoms with Crippen LogP contribution in [0.5, 0.6) is 17.2 Å². The first-order chi connectivity index (χ1) is 15.0. The summed E-state index contributed by atoms with van der Waals surface area (Å²) in [6.45, 7) is 3.50. The van der Waals surface area contributed by atoms with Crippen molar-refractivity contribution in [1.29, 1.82) is 0 Å². The summed E-state index contributed by atoms with van der Waals surface area (Å²) in [4.78, 5) is 28.5. The first-order valence-corrected chi connectivity index (χ1v) is 10.3. The largest absolute Gasteiger partial charge is 0.497 e. The number of hydrogen-bond acceptors (Lipinski definition) is 6. The molecule has 8 heteroatoms. The van der Waals surface area contributed by atoms with Gasteiger partial charge in [0.1, 0.15) is 12.4 Å². The van der Waals surface area contributed by atoms with Crippen molar-refractivity contribution in [2.75, 3.05) is 52.3 Å². The number of benzene rings is 2. The number of methoxy groups -OCH3 is 1. The summed E-state index contributed by atoms with van der Waals surface area (Å²) in [5, 5.41) is 2.82. The first-order valence-electron chi connectivity index (χ1n) is 10.3. The number of amides is 2. The molecule has 1 aliphatic rings. The maximum absolute atomic E-state index is 12.8. The fourth-order valence-electron chi connectivity index (χ4n) is 3.34. The van der Waals surface area contributed by atoms with Gasteiger partial charge in [-0.25, -0.2) is 0 Å². The Kier molecular flexibility index (Phi) is 7.72. The quantitative estimate of drug-likeness (QED) is 0.661. The number of rotatable bonds is 9. The number of carbonyl (C=O) groups excluding carboxylic acids is 2. The van der Waals surface area contributed by atoms with Crippen LogP contribution in [0.3, 0.4) is 0 Å². The minimum absolute atomic E-state index is 0.0679. The van der Waals surface area contributed by atoms with E-state index in [1.165, 1.54) is 0 Å². The van der Waals surface area contributed by atoms with E-state index in [1.54, 1.807) is 48.2 Å². The molecule has 0 aromatic heterocycles. The predicted molar refractivity (Wildman–Crippen MR) is 118 cm³/mol. The smallest absolute Gasteiger partial charge is 0.238 e. The van der Waals surface area contributed by atoms with E-state index in [1.807, 2.05) is 31.2 Å². The molecule has 0 saturated carbocycles. The molecule has 0 radical (unpaired) electrons. The lowest BCUT2D eigenvalue weighted by Gasteiger charge is -2.31. The van der Waals surface area contributed by atoms with E-state index in [-0.39, 0.29) is 31.0 Å². The van der Waals surface area contributed by atoms with Crippen LogP contribution in [0.2, 0.25) is 0 Å². The van der Waals surface area contributed by atoms with Gasteiger partial charge in [-0.1, -0.05) is 18.2 Å². The molecule has 2 aromatic rings. The van der Waals surface area contributed by atoms with Gasteiger partial charge >= 0.3 is 0 Å². The molecule has 1 heterocycles. The molecule has 166 valence electrons. The average Bonchev–Trinajstić information content (AvgIpc) is 2.77. The zero-order chi connectivity index (χ0) is 22.2. The standard InChI is InChI=1S/C23H29N3O5/c1-4-26(13-19-16-30-20-10-5-6-11-21(20)31-19)23(28)15-25(2)14-22(27)24-17-8-7-9-18(12-17)29-3/h5-12,19H,4,13-16H2,1-3H3,(H,24,27)/t19-/m0/s1. The van der Waals surface area contributed by atoms with Crippen LogP contribution >= 0.6 is 0 Å². The van der Waals surface area contributed by atoms with Gasteiger partial charge in [-0.2, -0.15) is 0 Å². The maximum atomic E-state index is 12.8. The van der Waals surface area contributed by atoms with E-state index in [4.69, 9.17) is 14.2 Å². The van der Waals surface area contributed by atoms with Gasteiger partial charge in [0, 0.05) is 18.3 Å². The fraction of sp³-hybridized carbons (Fsp3) is 0.391. The second-order valence-electron chi connectivity index (χ2n) is 7.38. The molecule has 1 atom stereocenters. The second-order valence-corrected chi connectivity index (χ2v) is 7.38. The Morgan fingerprint density at radius 2 is 1.90 bits per heavy atom. The number of para-hydroxylation sites is 2. The minimum Gasteiger partial charge on any atom is -0.497 e. The Morgan fingerprint density at radius 3 is 2.65 bits per heavy atom. The molecule has 3 rings (SSSR count). The number of nitrogens with one attached hydrogen (secondary N) is 1. The second kappa shape index (κ2) is 10.7. The minimum atomic E-state index is -0.236. The highest BCUT2D eigenvalue weighted by Gasteiger charge is 2.25. The molecule has 2 amide bonds. The molecular weight excluding hydrogens is 398 g/mol. The first kappa shape index (κ1) is 22.4. The number of carbonyl (C=O) groups is 2. The van der Waals surface area contributed by atoms with Crippen LogP contribution in [-0.4, -0.2) is 74.7 Å². The van der Waals surface area contributed by atoms with Crippen molar-refractivity contribution < 1.29 is 23.8 Å². The highest BCUT2D eigenvalue weighted by atomic mass is 16.6. The Bertz CT molecular complexity index is 904. The normalized spacial score (nSPS) is 14.8. The van der Waals surface area contributed by atoms with Gasteiger partial charge in [0.05, 0.1) is 26.7 Å². The summed E-state index contributed by atoms with van der Waals surface area (Å²) in [7, 11) is 3.32. The third-order valence-electron chi connectivity index (χ3n) is 4.90. The zero-order valence-corrected chi connectivity index (χ0v) is 18.2. The van der Waals surface area contributed by atoms with Crippen LogP contribution in [-0.2, 0) is 9.59 Å². The van der Waals surface area contributed by atoms with E-state index in [2.05, 4.69) is 5.32 Å². The van der Waals surface area contributed by atoms with Crippen LogP contribution in [0.25, 0.3) is 0 Å². The van der Waals surface area contributed by atoms with Gasteiger partial charge in [-0.15, -0.1) is 0 Å². The molecule has 8 nitrogen and oxygen atoms in total. The Balaban J connectivity index is 1.47. The van der Waals surface area contributed by atoms with Crippen molar-refractivity contribution in [1.82, 2.24) is 9.80 Å². The lowest BCUT2D eigenvalue weighted by Crippen LogP contribution is -2.47. The molecule has 0 aliphatic carbocycles. The highest BCUT2D eigenvalue weighted by molar-refractivity contribution is 5.92. The molecule has 0 bridgehead atoms. The lowest BCUT2D eigenvalue weighted by molar-refractivity contribution is -0.133. The van der Waals surface area contributed by atoms with Gasteiger partial charge in [0.2, 0.25) is 11.8 Å². The van der Waals surface area contributed by atoms with Crippen LogP contribution in [0.1, 0.15) is 6.92 Å². The number of likely N-dealkylation sites (N-methyl/N-ethyl adjacent to an activating group) is 2. The number of ether oxygens (including phenoxy) is 3. The Hall–Kier alpha value is -3.26. The van der Waals surface area contributed by atoms with Crippen LogP contribution in [0.4, 0.5) is 5.69 Å². The molecule has 0 saturated heterocycles. The Morgan fingerprint density at radius 1 is 1.13 bits per heavy atom. The third kappa shape index (κ3) is 6.36. The van der Waals surface area contributed by atoms with Crippen molar-refractivity contribution in [3.05, 3.63) is 48.5 Å². The maximum Gasteiger partial charge on any atom is 0.238 e. The lowest BCUT2D eigenvalue weighted by atomic mass is 10.2. The summed E-state index contributed by atoms with van der Waals surface area (Å²) >= 11 is 0. The van der Waals surface area contributed by atoms with Crippen molar-refractivity contribution in [2.24, 2.45) is 0 Å². The van der Waals surface area contributed by atoms with E-state index in [9.17, 15) is 9.59 Å². The molecular formula is C23H29N3O5. The molecule has 0 unspecified atom stereocenters. The van der Waals surface area contributed by atoms with E-state index >= 15 is 0 Å². The fourth-order valence-corrected chi connectivity index (χ4v) is 3.34. The molecule has 0 fully saturated rings. The SMILES string of the molecule is CCN(C[C@H]1COc2ccccc2O1)C(=O)CN(C)CC(=O)Nc1cccc(OC)c1. The van der Waals surface area contributed by atoms with Crippen LogP contribution in [0.15, 0.2) is 48.5 Å². The predicted octanol–water partition coefficient (Wildman–Crippen LogP) is 2.25. The van der Waals surface area contributed by atoms with Gasteiger partial charge in [0.15, 0.2) is 17.6 Å². The summed E-state index contributed by atoms with van der Waals surface area (Å²) in [6.07, 6.45) is -0.236. The summed E-state index contributed by atoms with van der Waals surface area (Å²) < 4.78 is 16.9. The average molecular weight is 428 g/mol. The van der Waals surface area contributed by atoms with Gasteiger partial charge in [0.25, 0.3) is 0 Å². The monoisotopic (exact) mass is 427 g/mol. The Labute approximate surface area is 182 Å². The van der Waals surface area contributed by atoms with Crippen LogP contribution in [0, 0.1) is 0 Å². The third-order valence-corrected chi connectivity index (χ3v) is 4.90. The summed E-state index contributed by atoms with van der Waals surface area (Å²) in [5.74, 6) is 1.80. The molecule has 1 N–H and O–H groups in total. The number of hydrogen-bond donors (Lipinski definition) is 1. The van der Waals surface area contributed by atoms with Crippen molar-refractivity contribution >= 4 is 17.5 Å². The van der Waals surface area contributed by atoms with Crippen molar-refractivity contribution in [3.63, 3.8) is 0 Å². The summed E-state index contributed by atoms with van der Waals surface area (Å²) in [5.41, 5.74) is 0.647. The highest BCUT2D eigenvalue weighted by Crippen LogP contribution is 2.31. The van der Waals surface area contributed by atoms with Gasteiger partial charge in [-0.3, -0.25) is 14.5 Å². The number of anilines is 1. The van der Waals surface area contributed by atoms with E-state index in [0.717, 1.165) is 5.75 Å². The molecule has 0 spiro atoms. The number of nitrogens with zero attached hydrogens (tertiary/aromatic N) is 2. The van der Waals surface area contributed by atoms with Gasteiger partial charge < -0.3 is 24.4 Å². The summed E-state index contributed by atoms with van der Waals surface area (Å²) in [6, 6.07) is 14.6. The zero-order valence-electron chi connectivity index (χ0n) is 18.2. The van der Waals surface area contributed by atoms with Crippen molar-refractivity contribution in [3.8, 4) is 17.2 Å².